The van der Waals surface area contributed by atoms with Gasteiger partial charge in [-0.2, -0.15) is 0 Å². The molecule has 1 aromatic carbocycles. The van der Waals surface area contributed by atoms with Crippen LogP contribution >= 0.6 is 22.6 Å². The fraction of sp³-hybridized carbons (Fsp3) is 0.417. The van der Waals surface area contributed by atoms with Gasteiger partial charge in [-0.1, -0.05) is 19.1 Å². The van der Waals surface area contributed by atoms with E-state index in [0.29, 0.717) is 13.0 Å². The smallest absolute Gasteiger partial charge is 0.320 e. The van der Waals surface area contributed by atoms with E-state index in [-0.39, 0.29) is 0 Å². The number of carboxylic acids is 1. The van der Waals surface area contributed by atoms with E-state index in [0.717, 1.165) is 5.56 Å². The summed E-state index contributed by atoms with van der Waals surface area (Å²) in [6, 6.07) is 7.73. The second kappa shape index (κ2) is 6.20. The lowest BCUT2D eigenvalue weighted by atomic mass is 10.1. The quantitative estimate of drug-likeness (QED) is 0.842. The van der Waals surface area contributed by atoms with Gasteiger partial charge in [0.25, 0.3) is 0 Å². The lowest BCUT2D eigenvalue weighted by Crippen LogP contribution is -2.37. The van der Waals surface area contributed by atoms with E-state index < -0.39 is 12.0 Å². The molecule has 0 bridgehead atoms. The summed E-state index contributed by atoms with van der Waals surface area (Å²) in [6.07, 6.45) is 0.621. The molecule has 16 heavy (non-hydrogen) atoms. The van der Waals surface area contributed by atoms with Gasteiger partial charge < -0.3 is 5.11 Å². The lowest BCUT2D eigenvalue weighted by Gasteiger charge is -2.23. The molecule has 0 saturated heterocycles. The maximum atomic E-state index is 11.0. The molecule has 4 heteroatoms. The zero-order valence-corrected chi connectivity index (χ0v) is 11.6. The summed E-state index contributed by atoms with van der Waals surface area (Å²) in [7, 11) is 1.85. The predicted octanol–water partition coefficient (Wildman–Crippen LogP) is 2.59. The molecule has 1 atom stereocenters. The van der Waals surface area contributed by atoms with Gasteiger partial charge in [0, 0.05) is 10.1 Å². The van der Waals surface area contributed by atoms with Gasteiger partial charge in [-0.3, -0.25) is 9.69 Å². The largest absolute Gasteiger partial charge is 0.480 e. The molecule has 1 aromatic rings. The summed E-state index contributed by atoms with van der Waals surface area (Å²) in [5, 5.41) is 9.02. The molecule has 1 rings (SSSR count). The zero-order valence-electron chi connectivity index (χ0n) is 9.48. The Hall–Kier alpha value is -0.620. The molecule has 0 saturated carbocycles. The number of hydrogen-bond donors (Lipinski definition) is 1. The molecule has 0 aliphatic rings. The van der Waals surface area contributed by atoms with Gasteiger partial charge in [-0.25, -0.2) is 0 Å². The van der Waals surface area contributed by atoms with E-state index in [1.54, 1.807) is 0 Å². The van der Waals surface area contributed by atoms with E-state index >= 15 is 0 Å². The Labute approximate surface area is 110 Å². The monoisotopic (exact) mass is 333 g/mol. The van der Waals surface area contributed by atoms with Crippen molar-refractivity contribution in [2.24, 2.45) is 0 Å². The molecular formula is C12H16INO2. The number of carboxylic acid groups (broad SMARTS) is 1. The van der Waals surface area contributed by atoms with Crippen LogP contribution in [0.25, 0.3) is 0 Å². The summed E-state index contributed by atoms with van der Waals surface area (Å²) < 4.78 is 1.19. The average molecular weight is 333 g/mol. The highest BCUT2D eigenvalue weighted by atomic mass is 127. The third-order valence-corrected chi connectivity index (χ3v) is 3.27. The maximum absolute atomic E-state index is 11.0. The summed E-state index contributed by atoms with van der Waals surface area (Å²) in [4.78, 5) is 12.8. The molecule has 0 aliphatic carbocycles. The van der Waals surface area contributed by atoms with E-state index in [1.165, 1.54) is 3.57 Å². The molecule has 88 valence electrons. The minimum Gasteiger partial charge on any atom is -0.480 e. The SMILES string of the molecule is CCC(C(=O)O)N(C)Cc1ccc(I)cc1. The molecule has 0 heterocycles. The molecule has 0 amide bonds. The van der Waals surface area contributed by atoms with Crippen molar-refractivity contribution in [3.63, 3.8) is 0 Å². The Morgan fingerprint density at radius 1 is 1.44 bits per heavy atom. The summed E-state index contributed by atoms with van der Waals surface area (Å²) in [5.41, 5.74) is 1.14. The van der Waals surface area contributed by atoms with Gasteiger partial charge in [0.15, 0.2) is 0 Å². The van der Waals surface area contributed by atoms with Crippen LogP contribution < -0.4 is 0 Å². The van der Waals surface area contributed by atoms with Crippen molar-refractivity contribution in [3.05, 3.63) is 33.4 Å². The zero-order chi connectivity index (χ0) is 12.1. The van der Waals surface area contributed by atoms with Crippen LogP contribution in [0.5, 0.6) is 0 Å². The predicted molar refractivity (Wildman–Crippen MR) is 72.3 cm³/mol. The number of nitrogens with zero attached hydrogens (tertiary/aromatic N) is 1. The molecule has 0 radical (unpaired) electrons. The Morgan fingerprint density at radius 2 is 2.00 bits per heavy atom. The Kier molecular flexibility index (Phi) is 5.21. The molecule has 0 aliphatic heterocycles. The molecule has 3 nitrogen and oxygen atoms in total. The van der Waals surface area contributed by atoms with Gasteiger partial charge in [-0.05, 0) is 53.8 Å². The van der Waals surface area contributed by atoms with E-state index in [9.17, 15) is 4.79 Å². The summed E-state index contributed by atoms with van der Waals surface area (Å²) in [6.45, 7) is 2.56. The Balaban J connectivity index is 2.66. The van der Waals surface area contributed by atoms with E-state index in [1.807, 2.05) is 43.1 Å². The number of likely N-dealkylation sites (N-methyl/N-ethyl adjacent to an activating group) is 1. The number of aliphatic carboxylic acids is 1. The van der Waals surface area contributed by atoms with Crippen molar-refractivity contribution in [3.8, 4) is 0 Å². The van der Waals surface area contributed by atoms with Crippen molar-refractivity contribution in [2.75, 3.05) is 7.05 Å². The van der Waals surface area contributed by atoms with Crippen LogP contribution in [0.3, 0.4) is 0 Å². The van der Waals surface area contributed by atoms with E-state index in [4.69, 9.17) is 5.11 Å². The number of hydrogen-bond acceptors (Lipinski definition) is 2. The van der Waals surface area contributed by atoms with Crippen molar-refractivity contribution in [1.29, 1.82) is 0 Å². The fourth-order valence-corrected chi connectivity index (χ4v) is 2.02. The van der Waals surface area contributed by atoms with Crippen LogP contribution in [0.2, 0.25) is 0 Å². The average Bonchev–Trinajstić information content (AvgIpc) is 2.22. The van der Waals surface area contributed by atoms with Crippen molar-refractivity contribution >= 4 is 28.6 Å². The van der Waals surface area contributed by atoms with E-state index in [2.05, 4.69) is 22.6 Å². The van der Waals surface area contributed by atoms with Crippen molar-refractivity contribution < 1.29 is 9.90 Å². The maximum Gasteiger partial charge on any atom is 0.320 e. The Morgan fingerprint density at radius 3 is 2.44 bits per heavy atom. The third-order valence-electron chi connectivity index (χ3n) is 2.55. The molecule has 0 spiro atoms. The number of rotatable bonds is 5. The Bertz CT molecular complexity index is 351. The summed E-state index contributed by atoms with van der Waals surface area (Å²) in [5.74, 6) is -0.754. The number of halogens is 1. The first-order chi connectivity index (χ1) is 7.54. The first kappa shape index (κ1) is 13.4. The van der Waals surface area contributed by atoms with Gasteiger partial charge in [0.1, 0.15) is 6.04 Å². The van der Waals surface area contributed by atoms with Crippen molar-refractivity contribution in [1.82, 2.24) is 4.90 Å². The minimum absolute atomic E-state index is 0.403. The van der Waals surface area contributed by atoms with Gasteiger partial charge in [-0.15, -0.1) is 0 Å². The fourth-order valence-electron chi connectivity index (χ4n) is 1.66. The van der Waals surface area contributed by atoms with Gasteiger partial charge >= 0.3 is 5.97 Å². The second-order valence-electron chi connectivity index (χ2n) is 3.80. The normalized spacial score (nSPS) is 12.8. The molecule has 1 N–H and O–H groups in total. The molecule has 0 fully saturated rings. The van der Waals surface area contributed by atoms with Crippen molar-refractivity contribution in [2.45, 2.75) is 25.9 Å². The van der Waals surface area contributed by atoms with Crippen LogP contribution in [0, 0.1) is 3.57 Å². The van der Waals surface area contributed by atoms with Crippen LogP contribution in [-0.2, 0) is 11.3 Å². The van der Waals surface area contributed by atoms with Crippen LogP contribution in [0.1, 0.15) is 18.9 Å². The lowest BCUT2D eigenvalue weighted by molar-refractivity contribution is -0.143. The first-order valence-corrected chi connectivity index (χ1v) is 6.30. The molecular weight excluding hydrogens is 317 g/mol. The van der Waals surface area contributed by atoms with Gasteiger partial charge in [0.05, 0.1) is 0 Å². The molecule has 1 unspecified atom stereocenters. The minimum atomic E-state index is -0.754. The van der Waals surface area contributed by atoms with Crippen LogP contribution in [-0.4, -0.2) is 29.1 Å². The topological polar surface area (TPSA) is 40.5 Å². The highest BCUT2D eigenvalue weighted by molar-refractivity contribution is 14.1. The number of benzene rings is 1. The first-order valence-electron chi connectivity index (χ1n) is 5.22. The van der Waals surface area contributed by atoms with Crippen LogP contribution in [0.15, 0.2) is 24.3 Å². The van der Waals surface area contributed by atoms with Gasteiger partial charge in [0.2, 0.25) is 0 Å². The molecule has 0 aromatic heterocycles. The van der Waals surface area contributed by atoms with Crippen LogP contribution in [0.4, 0.5) is 0 Å². The second-order valence-corrected chi connectivity index (χ2v) is 5.05. The number of carbonyl (C=O) groups is 1. The summed E-state index contributed by atoms with van der Waals surface area (Å²) >= 11 is 2.25. The standard InChI is InChI=1S/C12H16INO2/c1-3-11(12(15)16)14(2)8-9-4-6-10(13)7-5-9/h4-7,11H,3,8H2,1-2H3,(H,15,16). The highest BCUT2D eigenvalue weighted by Gasteiger charge is 2.19. The highest BCUT2D eigenvalue weighted by Crippen LogP contribution is 2.11. The third kappa shape index (κ3) is 3.75.